The molecule has 13 nitrogen and oxygen atoms in total. The molecule has 0 N–H and O–H groups in total. The number of nitrogens with zero attached hydrogens (tertiary/aromatic N) is 2. The Morgan fingerprint density at radius 2 is 0.536 bits per heavy atom. The molecule has 0 unspecified atom stereocenters. The summed E-state index contributed by atoms with van der Waals surface area (Å²) in [5.74, 6) is -0.524. The van der Waals surface area contributed by atoms with Crippen LogP contribution < -0.4 is 14.2 Å². The van der Waals surface area contributed by atoms with Gasteiger partial charge in [0, 0.05) is 37.3 Å². The van der Waals surface area contributed by atoms with E-state index in [0.29, 0.717) is 36.5 Å². The topological polar surface area (TPSA) is 159 Å². The van der Waals surface area contributed by atoms with Gasteiger partial charge >= 0.3 is 23.9 Å². The minimum absolute atomic E-state index is 0.0306. The summed E-state index contributed by atoms with van der Waals surface area (Å²) in [6.07, 6.45) is 25.2. The van der Waals surface area contributed by atoms with E-state index in [0.717, 1.165) is 36.0 Å². The molecule has 125 heavy (non-hydrogen) atoms. The smallest absolute Gasteiger partial charge is 0.344 e. The number of esters is 4. The highest BCUT2D eigenvalue weighted by molar-refractivity contribution is 6.82. The predicted octanol–water partition coefficient (Wildman–Crippen LogP) is 26.6. The number of carbonyl (C=O) groups is 4. The molecule has 5 aliphatic rings. The molecule has 32 aromatic rings. The van der Waals surface area contributed by atoms with E-state index < -0.39 is 40.1 Å². The molecule has 590 valence electrons. The lowest BCUT2D eigenvalue weighted by Gasteiger charge is -2.32. The highest BCUT2D eigenvalue weighted by Crippen LogP contribution is 2.97. The average Bonchev–Trinajstić information content (AvgIpc) is 1.35. The standard InChI is InChI=1S/C112H66N2O11/c1-2-3-4-5-6-7-8-9-10-11-12-13-14-15-33-121-108(117)112(109(118)122-34-26-41-18-20-45(21-19-41)125-40-48(115)119-31-16-17-32-120-107(116)44-35-46(123-38-42-22-27-113-28-23-42)37-47(36-44)124-39-43-24-29-114-30-25-43)110-103-95-87-77-67-59-51-49-50-53-57-55(51)63-71-65(57)75-69-61(53)62-54(50)58-56-52(49)60(59)68-74-64(56)72-66(58)76-70(62)80-79(69)89-83(75)93-85(71)91(81(87)73(63)67)99(103)101(93)105-97(89)98-90(80)84(76)94-86(72)92-82(74)88(78(68)77)96(95)104(110)100(92)102(94)106(98)111(105,110)112/h18-25,27-30,35-37H,2-17,26,31-34,38-40H2,1H3. The van der Waals surface area contributed by atoms with E-state index in [4.69, 9.17) is 33.2 Å². The third kappa shape index (κ3) is 5.73. The van der Waals surface area contributed by atoms with Crippen molar-refractivity contribution in [2.75, 3.05) is 33.0 Å². The SMILES string of the molecule is CCCCCCCCCCCCCCCCOC(=O)C1(C(=O)OCCc2ccc(OCC(=O)OCCCCOC(=O)c3cc(OCc4ccncc4)cc(OCc4ccncc4)c3)cc2)C23c4c5c6c7c8c9c(c%10c%11c2c2c4c4c%12c5c5c6c6c8c8c%13c9c9c%10c%10c%11c%11c2c2c4c4c%12c%12c5c5c6c8c6c8c%13c9c9c%10c%10c%11c2c2c4c4c%12c5c6c5c8c9c%10c2c45)C713. The van der Waals surface area contributed by atoms with E-state index in [1.165, 1.54) is 373 Å². The van der Waals surface area contributed by atoms with Crippen molar-refractivity contribution in [3.63, 3.8) is 0 Å². The van der Waals surface area contributed by atoms with Gasteiger partial charge in [-0.15, -0.1) is 0 Å². The van der Waals surface area contributed by atoms with Gasteiger partial charge in [0.2, 0.25) is 0 Å². The van der Waals surface area contributed by atoms with Crippen molar-refractivity contribution in [1.82, 2.24) is 9.97 Å². The van der Waals surface area contributed by atoms with Gasteiger partial charge in [-0.3, -0.25) is 19.6 Å². The molecule has 13 heteroatoms. The normalized spacial score (nSPS) is 18.5. The average molecular weight is 1620 g/mol. The van der Waals surface area contributed by atoms with Gasteiger partial charge in [0.25, 0.3) is 0 Å². The van der Waals surface area contributed by atoms with Crippen LogP contribution in [0.1, 0.15) is 159 Å². The Hall–Kier alpha value is -13.5. The van der Waals surface area contributed by atoms with Crippen LogP contribution in [-0.2, 0) is 63.8 Å². The molecule has 37 rings (SSSR count). The first-order valence-electron chi connectivity index (χ1n) is 46.2. The maximum Gasteiger partial charge on any atom is 0.344 e. The number of ether oxygens (including phenoxy) is 7. The largest absolute Gasteiger partial charge is 0.489 e. The van der Waals surface area contributed by atoms with E-state index >= 15 is 9.59 Å². The summed E-state index contributed by atoms with van der Waals surface area (Å²) < 4.78 is 44.3. The second kappa shape index (κ2) is 19.7. The van der Waals surface area contributed by atoms with Crippen molar-refractivity contribution >= 4 is 315 Å². The van der Waals surface area contributed by atoms with Gasteiger partial charge in [0.15, 0.2) is 12.0 Å². The number of aromatic nitrogens is 2. The van der Waals surface area contributed by atoms with E-state index in [2.05, 4.69) is 16.9 Å². The van der Waals surface area contributed by atoms with Crippen LogP contribution in [0.3, 0.4) is 0 Å². The van der Waals surface area contributed by atoms with Gasteiger partial charge in [0.1, 0.15) is 30.5 Å². The first kappa shape index (κ1) is 63.4. The molecule has 0 bridgehead atoms. The van der Waals surface area contributed by atoms with Crippen molar-refractivity contribution in [3.8, 4) is 17.2 Å². The molecular formula is C112H66N2O11. The fourth-order valence-electron chi connectivity index (χ4n) is 31.9. The summed E-state index contributed by atoms with van der Waals surface area (Å²) in [4.78, 5) is 71.2. The summed E-state index contributed by atoms with van der Waals surface area (Å²) in [6.45, 7) is 3.02. The van der Waals surface area contributed by atoms with Crippen LogP contribution in [0.25, 0.3) is 291 Å². The zero-order valence-electron chi connectivity index (χ0n) is 68.0. The number of hydrogen-bond acceptors (Lipinski definition) is 13. The van der Waals surface area contributed by atoms with Crippen LogP contribution in [0.2, 0.25) is 0 Å². The zero-order chi connectivity index (χ0) is 80.3. The number of carbonyl (C=O) groups excluding carboxylic acids is 4. The van der Waals surface area contributed by atoms with Gasteiger partial charge in [-0.2, -0.15) is 0 Å². The van der Waals surface area contributed by atoms with Crippen molar-refractivity contribution < 1.29 is 52.3 Å². The molecule has 1 fully saturated rings. The molecule has 0 radical (unpaired) electrons. The number of rotatable bonds is 35. The predicted molar refractivity (Wildman–Crippen MR) is 498 cm³/mol. The van der Waals surface area contributed by atoms with Gasteiger partial charge < -0.3 is 33.2 Å². The summed E-state index contributed by atoms with van der Waals surface area (Å²) in [5.41, 5.74) is 3.71. The van der Waals surface area contributed by atoms with E-state index in [1.807, 2.05) is 48.5 Å². The Labute approximate surface area is 704 Å². The van der Waals surface area contributed by atoms with Crippen LogP contribution >= 0.6 is 0 Å². The van der Waals surface area contributed by atoms with E-state index in [-0.39, 0.29) is 51.8 Å². The van der Waals surface area contributed by atoms with Crippen molar-refractivity contribution in [2.24, 2.45) is 5.41 Å². The highest BCUT2D eigenvalue weighted by Gasteiger charge is 3.01. The zero-order valence-corrected chi connectivity index (χ0v) is 68.0. The molecule has 5 aliphatic carbocycles. The number of hydrogen-bond donors (Lipinski definition) is 0. The van der Waals surface area contributed by atoms with Crippen LogP contribution in [-0.4, -0.2) is 66.9 Å². The lowest BCUT2D eigenvalue weighted by atomic mass is 9.68. The molecule has 0 atom stereocenters. The van der Waals surface area contributed by atoms with Crippen molar-refractivity contribution in [1.29, 1.82) is 0 Å². The van der Waals surface area contributed by atoms with Gasteiger partial charge in [-0.05, 0) is 398 Å². The molecule has 30 aromatic carbocycles. The number of unbranched alkanes of at least 4 members (excludes halogenated alkanes) is 14. The second-order valence-corrected chi connectivity index (χ2v) is 39.6. The number of pyridine rings is 2. The molecular weight excluding hydrogens is 1550 g/mol. The van der Waals surface area contributed by atoms with E-state index in [1.54, 1.807) is 53.8 Å². The second-order valence-electron chi connectivity index (χ2n) is 39.6. The molecule has 2 aromatic heterocycles. The number of benzene rings is 20. The fourth-order valence-corrected chi connectivity index (χ4v) is 31.9. The Kier molecular flexibility index (Phi) is 9.98. The highest BCUT2D eigenvalue weighted by atomic mass is 16.6. The van der Waals surface area contributed by atoms with E-state index in [9.17, 15) is 9.59 Å². The first-order chi connectivity index (χ1) is 61.9. The third-order valence-electron chi connectivity index (χ3n) is 35.1. The van der Waals surface area contributed by atoms with Gasteiger partial charge in [-0.1, -0.05) is 103 Å². The molecule has 0 saturated heterocycles. The Bertz CT molecular complexity index is 9170. The molecule has 1 saturated carbocycles. The summed E-state index contributed by atoms with van der Waals surface area (Å²) in [5, 5.41) is 78.2. The van der Waals surface area contributed by atoms with Gasteiger partial charge in [-0.25, -0.2) is 9.59 Å². The Balaban J connectivity index is 0.467. The van der Waals surface area contributed by atoms with Crippen molar-refractivity contribution in [3.05, 3.63) is 136 Å². The maximum atomic E-state index is 18.1. The fraction of sp³-hybridized carbons (Fsp3) is 0.250. The first-order valence-corrected chi connectivity index (χ1v) is 46.2. The third-order valence-corrected chi connectivity index (χ3v) is 35.1. The summed E-state index contributed by atoms with van der Waals surface area (Å²) in [7, 11) is 0. The van der Waals surface area contributed by atoms with Crippen LogP contribution in [0, 0.1) is 5.41 Å². The monoisotopic (exact) mass is 1610 g/mol. The lowest BCUT2D eigenvalue weighted by Crippen LogP contribution is -2.39. The Morgan fingerprint density at radius 1 is 0.264 bits per heavy atom. The molecule has 0 aliphatic heterocycles. The quantitative estimate of drug-likeness (QED) is 0.0122. The maximum absolute atomic E-state index is 18.1. The van der Waals surface area contributed by atoms with Gasteiger partial charge in [0.05, 0.1) is 42.8 Å². The van der Waals surface area contributed by atoms with Crippen LogP contribution in [0.5, 0.6) is 17.2 Å². The lowest BCUT2D eigenvalue weighted by molar-refractivity contribution is -0.166. The van der Waals surface area contributed by atoms with Crippen LogP contribution in [0.15, 0.2) is 91.5 Å². The molecule has 2 spiro atoms. The molecule has 2 heterocycles. The minimum atomic E-state index is -1.85. The minimum Gasteiger partial charge on any atom is -0.489 e. The molecule has 0 amide bonds. The Morgan fingerprint density at radius 3 is 0.856 bits per heavy atom. The van der Waals surface area contributed by atoms with Crippen LogP contribution in [0.4, 0.5) is 0 Å². The summed E-state index contributed by atoms with van der Waals surface area (Å²) in [6, 6.07) is 20.2. The van der Waals surface area contributed by atoms with Crippen molar-refractivity contribution in [2.45, 2.75) is 140 Å². The summed E-state index contributed by atoms with van der Waals surface area (Å²) >= 11 is 0.